The Hall–Kier alpha value is -1.36. The van der Waals surface area contributed by atoms with E-state index in [1.54, 1.807) is 11.3 Å². The molecule has 98 valence electrons. The van der Waals surface area contributed by atoms with Crippen molar-refractivity contribution < 1.29 is 4.79 Å². The van der Waals surface area contributed by atoms with E-state index in [0.29, 0.717) is 5.96 Å². The van der Waals surface area contributed by atoms with Gasteiger partial charge in [-0.2, -0.15) is 0 Å². The average molecular weight is 265 g/mol. The van der Waals surface area contributed by atoms with E-state index in [1.807, 2.05) is 26.8 Å². The lowest BCUT2D eigenvalue weighted by Crippen LogP contribution is -2.46. The molecular weight excluding hydrogens is 246 g/mol. The number of amides is 1. The van der Waals surface area contributed by atoms with Gasteiger partial charge in [-0.05, 0) is 39.3 Å². The number of carbonyl (C=O) groups excluding carboxylic acids is 1. The first kappa shape index (κ1) is 13.1. The molecule has 0 aromatic carbocycles. The van der Waals surface area contributed by atoms with Crippen LogP contribution in [-0.2, 0) is 11.2 Å². The lowest BCUT2D eigenvalue weighted by atomic mass is 10.1. The Labute approximate surface area is 112 Å². The molecule has 2 heterocycles. The van der Waals surface area contributed by atoms with E-state index in [4.69, 9.17) is 0 Å². The lowest BCUT2D eigenvalue weighted by molar-refractivity contribution is -0.120. The second-order valence-corrected chi connectivity index (χ2v) is 6.60. The van der Waals surface area contributed by atoms with Crippen LogP contribution in [-0.4, -0.2) is 17.4 Å². The highest BCUT2D eigenvalue weighted by molar-refractivity contribution is 7.12. The van der Waals surface area contributed by atoms with Gasteiger partial charge in [-0.3, -0.25) is 10.1 Å². The fourth-order valence-electron chi connectivity index (χ4n) is 1.75. The van der Waals surface area contributed by atoms with Gasteiger partial charge in [0.25, 0.3) is 5.91 Å². The summed E-state index contributed by atoms with van der Waals surface area (Å²) in [6.07, 6.45) is 0.996. The molecule has 1 amide bonds. The Bertz CT molecular complexity index is 485. The molecule has 0 radical (unpaired) electrons. The standard InChI is InChI=1S/C13H19N3OS/c1-5-8-6-7-9(18-8)10-11(17)15-12(14-10)16-13(2,3)4/h6-7,10H,5H2,1-4H3,(H2,14,15,16,17). The summed E-state index contributed by atoms with van der Waals surface area (Å²) in [5.41, 5.74) is -0.106. The maximum atomic E-state index is 11.9. The minimum Gasteiger partial charge on any atom is -0.351 e. The average Bonchev–Trinajstić information content (AvgIpc) is 2.82. The van der Waals surface area contributed by atoms with Crippen LogP contribution in [0.4, 0.5) is 0 Å². The van der Waals surface area contributed by atoms with Gasteiger partial charge in [0, 0.05) is 15.3 Å². The summed E-state index contributed by atoms with van der Waals surface area (Å²) in [4.78, 5) is 18.6. The van der Waals surface area contributed by atoms with Crippen molar-refractivity contribution in [2.75, 3.05) is 0 Å². The van der Waals surface area contributed by atoms with Gasteiger partial charge in [0.05, 0.1) is 0 Å². The molecule has 0 aliphatic carbocycles. The van der Waals surface area contributed by atoms with E-state index in [0.717, 1.165) is 11.3 Å². The monoisotopic (exact) mass is 265 g/mol. The van der Waals surface area contributed by atoms with Crippen molar-refractivity contribution in [1.29, 1.82) is 0 Å². The normalized spacial score (nSPS) is 19.7. The Morgan fingerprint density at radius 1 is 1.44 bits per heavy atom. The Morgan fingerprint density at radius 3 is 2.72 bits per heavy atom. The number of hydrogen-bond acceptors (Lipinski definition) is 4. The molecule has 1 aromatic heterocycles. The molecule has 0 fully saturated rings. The number of aryl methyl sites for hydroxylation is 1. The van der Waals surface area contributed by atoms with Crippen molar-refractivity contribution in [1.82, 2.24) is 10.6 Å². The van der Waals surface area contributed by atoms with Gasteiger partial charge in [0.2, 0.25) is 0 Å². The summed E-state index contributed by atoms with van der Waals surface area (Å²) in [6.45, 7) is 8.22. The van der Waals surface area contributed by atoms with Crippen LogP contribution >= 0.6 is 11.3 Å². The molecule has 0 saturated heterocycles. The molecule has 0 bridgehead atoms. The molecule has 1 atom stereocenters. The lowest BCUT2D eigenvalue weighted by Gasteiger charge is -2.21. The molecule has 5 heteroatoms. The molecule has 1 unspecified atom stereocenters. The van der Waals surface area contributed by atoms with E-state index in [9.17, 15) is 4.79 Å². The zero-order valence-electron chi connectivity index (χ0n) is 11.2. The van der Waals surface area contributed by atoms with E-state index in [-0.39, 0.29) is 17.5 Å². The molecule has 0 saturated carbocycles. The molecular formula is C13H19N3OS. The maximum Gasteiger partial charge on any atom is 0.257 e. The number of thiophene rings is 1. The SMILES string of the molecule is CCc1ccc(C2N=C(NC(C)(C)C)NC2=O)s1. The first-order valence-electron chi connectivity index (χ1n) is 6.14. The number of nitrogens with zero attached hydrogens (tertiary/aromatic N) is 1. The van der Waals surface area contributed by atoms with Crippen molar-refractivity contribution in [3.8, 4) is 0 Å². The van der Waals surface area contributed by atoms with Gasteiger partial charge in [0.15, 0.2) is 12.0 Å². The first-order chi connectivity index (χ1) is 8.39. The fraction of sp³-hybridized carbons (Fsp3) is 0.538. The van der Waals surface area contributed by atoms with Crippen LogP contribution < -0.4 is 10.6 Å². The highest BCUT2D eigenvalue weighted by Gasteiger charge is 2.30. The number of aliphatic imine (C=N–C) groups is 1. The van der Waals surface area contributed by atoms with Crippen molar-refractivity contribution in [3.05, 3.63) is 21.9 Å². The quantitative estimate of drug-likeness (QED) is 0.861. The van der Waals surface area contributed by atoms with Crippen LogP contribution in [0.2, 0.25) is 0 Å². The van der Waals surface area contributed by atoms with Crippen molar-refractivity contribution in [2.24, 2.45) is 4.99 Å². The van der Waals surface area contributed by atoms with Gasteiger partial charge < -0.3 is 5.32 Å². The van der Waals surface area contributed by atoms with Gasteiger partial charge in [-0.1, -0.05) is 6.92 Å². The molecule has 4 nitrogen and oxygen atoms in total. The summed E-state index contributed by atoms with van der Waals surface area (Å²) in [5, 5.41) is 5.98. The second-order valence-electron chi connectivity index (χ2n) is 5.40. The molecule has 18 heavy (non-hydrogen) atoms. The predicted molar refractivity (Wildman–Crippen MR) is 74.9 cm³/mol. The van der Waals surface area contributed by atoms with Crippen LogP contribution in [0.25, 0.3) is 0 Å². The highest BCUT2D eigenvalue weighted by Crippen LogP contribution is 2.28. The minimum absolute atomic E-state index is 0.0498. The van der Waals surface area contributed by atoms with Crippen LogP contribution in [0.1, 0.15) is 43.5 Å². The maximum absolute atomic E-state index is 11.9. The van der Waals surface area contributed by atoms with Gasteiger partial charge in [0.1, 0.15) is 0 Å². The van der Waals surface area contributed by atoms with Crippen molar-refractivity contribution >= 4 is 23.2 Å². The van der Waals surface area contributed by atoms with Crippen LogP contribution in [0, 0.1) is 0 Å². The second kappa shape index (κ2) is 4.72. The zero-order valence-corrected chi connectivity index (χ0v) is 12.0. The fourth-order valence-corrected chi connectivity index (χ4v) is 2.74. The molecule has 0 spiro atoms. The van der Waals surface area contributed by atoms with Crippen LogP contribution in [0.3, 0.4) is 0 Å². The van der Waals surface area contributed by atoms with E-state index >= 15 is 0 Å². The van der Waals surface area contributed by atoms with E-state index < -0.39 is 0 Å². The highest BCUT2D eigenvalue weighted by atomic mass is 32.1. The molecule has 1 aromatic rings. The summed E-state index contributed by atoms with van der Waals surface area (Å²) < 4.78 is 0. The Kier molecular flexibility index (Phi) is 3.43. The summed E-state index contributed by atoms with van der Waals surface area (Å²) >= 11 is 1.66. The van der Waals surface area contributed by atoms with E-state index in [1.165, 1.54) is 4.88 Å². The van der Waals surface area contributed by atoms with Crippen molar-refractivity contribution in [3.63, 3.8) is 0 Å². The minimum atomic E-state index is -0.389. The smallest absolute Gasteiger partial charge is 0.257 e. The number of nitrogens with one attached hydrogen (secondary N) is 2. The Balaban J connectivity index is 2.16. The molecule has 2 N–H and O–H groups in total. The third-order valence-corrected chi connectivity index (χ3v) is 3.82. The number of rotatable bonds is 2. The third-order valence-electron chi connectivity index (χ3n) is 2.54. The number of guanidine groups is 1. The summed E-state index contributed by atoms with van der Waals surface area (Å²) in [7, 11) is 0. The summed E-state index contributed by atoms with van der Waals surface area (Å²) in [5.74, 6) is 0.523. The van der Waals surface area contributed by atoms with Crippen LogP contribution in [0.15, 0.2) is 17.1 Å². The molecule has 1 aliphatic heterocycles. The Morgan fingerprint density at radius 2 is 2.17 bits per heavy atom. The number of carbonyl (C=O) groups is 1. The topological polar surface area (TPSA) is 53.5 Å². The summed E-state index contributed by atoms with van der Waals surface area (Å²) in [6, 6.07) is 3.68. The largest absolute Gasteiger partial charge is 0.351 e. The van der Waals surface area contributed by atoms with Crippen LogP contribution in [0.5, 0.6) is 0 Å². The molecule has 1 aliphatic rings. The third kappa shape index (κ3) is 2.90. The van der Waals surface area contributed by atoms with Crippen molar-refractivity contribution in [2.45, 2.75) is 45.7 Å². The van der Waals surface area contributed by atoms with Gasteiger partial charge in [-0.25, -0.2) is 4.99 Å². The molecule has 2 rings (SSSR count). The van der Waals surface area contributed by atoms with Gasteiger partial charge >= 0.3 is 0 Å². The zero-order chi connectivity index (χ0) is 13.3. The van der Waals surface area contributed by atoms with E-state index in [2.05, 4.69) is 28.6 Å². The number of hydrogen-bond donors (Lipinski definition) is 2. The predicted octanol–water partition coefficient (Wildman–Crippen LogP) is 2.23. The first-order valence-corrected chi connectivity index (χ1v) is 6.96. The van der Waals surface area contributed by atoms with Gasteiger partial charge in [-0.15, -0.1) is 11.3 Å².